The van der Waals surface area contributed by atoms with Crippen LogP contribution < -0.4 is 5.32 Å². The molecule has 0 aliphatic carbocycles. The van der Waals surface area contributed by atoms with Crippen LogP contribution in [0.25, 0.3) is 0 Å². The van der Waals surface area contributed by atoms with Gasteiger partial charge in [-0.1, -0.05) is 29.3 Å². The van der Waals surface area contributed by atoms with Crippen molar-refractivity contribution in [3.63, 3.8) is 0 Å². The van der Waals surface area contributed by atoms with E-state index < -0.39 is 23.5 Å². The Labute approximate surface area is 122 Å². The van der Waals surface area contributed by atoms with E-state index in [1.807, 2.05) is 0 Å². The molecule has 1 nitrogen and oxygen atoms in total. The molecule has 102 valence electrons. The Balaban J connectivity index is 2.54. The summed E-state index contributed by atoms with van der Waals surface area (Å²) in [6.45, 7) is 0. The van der Waals surface area contributed by atoms with E-state index in [1.54, 1.807) is 13.1 Å². The Hall–Kier alpha value is -0.750. The standard InChI is InChI=1S/C12H8Cl2F3NS/c1-18-11(6-4-8(13)19-12(6)14)5-2-3-7(15)10(17)9(5)16/h2-4,11,18H,1H3. The summed E-state index contributed by atoms with van der Waals surface area (Å²) < 4.78 is 40.8. The fraction of sp³-hybridized carbons (Fsp3) is 0.167. The van der Waals surface area contributed by atoms with Crippen molar-refractivity contribution >= 4 is 34.5 Å². The first-order chi connectivity index (χ1) is 8.95. The van der Waals surface area contributed by atoms with Gasteiger partial charge in [0.2, 0.25) is 0 Å². The first-order valence-electron chi connectivity index (χ1n) is 5.21. The lowest BCUT2D eigenvalue weighted by Gasteiger charge is -2.17. The average Bonchev–Trinajstić information content (AvgIpc) is 2.69. The molecule has 0 amide bonds. The van der Waals surface area contributed by atoms with E-state index in [0.717, 1.165) is 17.4 Å². The molecule has 1 aromatic heterocycles. The van der Waals surface area contributed by atoms with Gasteiger partial charge in [-0.3, -0.25) is 0 Å². The second-order valence-electron chi connectivity index (χ2n) is 3.77. The zero-order valence-corrected chi connectivity index (χ0v) is 11.9. The van der Waals surface area contributed by atoms with Gasteiger partial charge in [0.1, 0.15) is 0 Å². The van der Waals surface area contributed by atoms with Crippen molar-refractivity contribution in [2.75, 3.05) is 7.05 Å². The molecule has 19 heavy (non-hydrogen) atoms. The summed E-state index contributed by atoms with van der Waals surface area (Å²) in [5.74, 6) is -3.97. The summed E-state index contributed by atoms with van der Waals surface area (Å²) >= 11 is 12.9. The van der Waals surface area contributed by atoms with Crippen molar-refractivity contribution in [2.45, 2.75) is 6.04 Å². The summed E-state index contributed by atoms with van der Waals surface area (Å²) in [7, 11) is 1.56. The van der Waals surface area contributed by atoms with Crippen LogP contribution in [0.2, 0.25) is 8.67 Å². The van der Waals surface area contributed by atoms with Crippen LogP contribution in [0.3, 0.4) is 0 Å². The molecule has 1 aromatic carbocycles. The topological polar surface area (TPSA) is 12.0 Å². The summed E-state index contributed by atoms with van der Waals surface area (Å²) in [5.41, 5.74) is 0.488. The van der Waals surface area contributed by atoms with Gasteiger partial charge in [0.25, 0.3) is 0 Å². The van der Waals surface area contributed by atoms with E-state index in [9.17, 15) is 13.2 Å². The first kappa shape index (κ1) is 14.7. The summed E-state index contributed by atoms with van der Waals surface area (Å²) in [4.78, 5) is 0. The second kappa shape index (κ2) is 5.71. The van der Waals surface area contributed by atoms with Crippen LogP contribution >= 0.6 is 34.5 Å². The van der Waals surface area contributed by atoms with E-state index in [0.29, 0.717) is 14.2 Å². The molecule has 0 bridgehead atoms. The quantitative estimate of drug-likeness (QED) is 0.801. The van der Waals surface area contributed by atoms with Crippen molar-refractivity contribution in [2.24, 2.45) is 0 Å². The Morgan fingerprint density at radius 1 is 1.11 bits per heavy atom. The number of hydrogen-bond acceptors (Lipinski definition) is 2. The maximum Gasteiger partial charge on any atom is 0.194 e. The minimum atomic E-state index is -1.50. The molecule has 1 unspecified atom stereocenters. The van der Waals surface area contributed by atoms with Crippen molar-refractivity contribution in [1.82, 2.24) is 5.32 Å². The minimum absolute atomic E-state index is 0.0298. The van der Waals surface area contributed by atoms with Crippen LogP contribution in [0.15, 0.2) is 18.2 Å². The third-order valence-corrected chi connectivity index (χ3v) is 4.18. The smallest absolute Gasteiger partial charge is 0.194 e. The van der Waals surface area contributed by atoms with E-state index >= 15 is 0 Å². The van der Waals surface area contributed by atoms with Gasteiger partial charge < -0.3 is 5.32 Å². The second-order valence-corrected chi connectivity index (χ2v) is 6.05. The molecule has 0 saturated carbocycles. The third-order valence-electron chi connectivity index (χ3n) is 2.66. The number of nitrogens with one attached hydrogen (secondary N) is 1. The van der Waals surface area contributed by atoms with Gasteiger partial charge in [0.05, 0.1) is 14.7 Å². The lowest BCUT2D eigenvalue weighted by Crippen LogP contribution is -2.19. The van der Waals surface area contributed by atoms with Crippen molar-refractivity contribution < 1.29 is 13.2 Å². The van der Waals surface area contributed by atoms with Crippen molar-refractivity contribution in [3.8, 4) is 0 Å². The number of hydrogen-bond donors (Lipinski definition) is 1. The lowest BCUT2D eigenvalue weighted by atomic mass is 10.0. The van der Waals surface area contributed by atoms with Crippen LogP contribution in [0, 0.1) is 17.5 Å². The van der Waals surface area contributed by atoms with E-state index in [4.69, 9.17) is 23.2 Å². The Bertz CT molecular complexity index is 615. The average molecular weight is 326 g/mol. The van der Waals surface area contributed by atoms with Gasteiger partial charge in [-0.15, -0.1) is 11.3 Å². The van der Waals surface area contributed by atoms with Crippen LogP contribution in [-0.2, 0) is 0 Å². The molecule has 0 aliphatic heterocycles. The van der Waals surface area contributed by atoms with E-state index in [2.05, 4.69) is 5.32 Å². The molecule has 0 saturated heterocycles. The summed E-state index contributed by atoms with van der Waals surface area (Å²) in [5, 5.41) is 2.81. The van der Waals surface area contributed by atoms with Gasteiger partial charge >= 0.3 is 0 Å². The van der Waals surface area contributed by atoms with Crippen LogP contribution in [0.1, 0.15) is 17.2 Å². The molecule has 2 aromatic rings. The molecule has 1 atom stereocenters. The maximum absolute atomic E-state index is 13.8. The number of benzene rings is 1. The largest absolute Gasteiger partial charge is 0.309 e. The number of thiophene rings is 1. The molecule has 0 spiro atoms. The minimum Gasteiger partial charge on any atom is -0.309 e. The van der Waals surface area contributed by atoms with Gasteiger partial charge in [-0.25, -0.2) is 13.2 Å². The predicted octanol–water partition coefficient (Wildman–Crippen LogP) is 4.78. The summed E-state index contributed by atoms with van der Waals surface area (Å²) in [6, 6.07) is 2.92. The Kier molecular flexibility index (Phi) is 4.40. The molecule has 0 fully saturated rings. The zero-order chi connectivity index (χ0) is 14.2. The lowest BCUT2D eigenvalue weighted by molar-refractivity contribution is 0.435. The normalized spacial score (nSPS) is 12.7. The van der Waals surface area contributed by atoms with E-state index in [-0.39, 0.29) is 5.56 Å². The molecule has 0 radical (unpaired) electrons. The van der Waals surface area contributed by atoms with Gasteiger partial charge in [0, 0.05) is 11.1 Å². The Morgan fingerprint density at radius 2 is 1.79 bits per heavy atom. The Morgan fingerprint density at radius 3 is 2.32 bits per heavy atom. The van der Waals surface area contributed by atoms with Gasteiger partial charge in [-0.2, -0.15) is 0 Å². The number of halogens is 5. The molecule has 0 aliphatic rings. The predicted molar refractivity (Wildman–Crippen MR) is 71.6 cm³/mol. The molecule has 1 N–H and O–H groups in total. The van der Waals surface area contributed by atoms with Crippen LogP contribution in [0.5, 0.6) is 0 Å². The monoisotopic (exact) mass is 325 g/mol. The molecule has 1 heterocycles. The zero-order valence-electron chi connectivity index (χ0n) is 9.61. The maximum atomic E-state index is 13.8. The molecule has 7 heteroatoms. The highest BCUT2D eigenvalue weighted by Gasteiger charge is 2.24. The fourth-order valence-electron chi connectivity index (χ4n) is 1.79. The van der Waals surface area contributed by atoms with Crippen molar-refractivity contribution in [3.05, 3.63) is 55.5 Å². The van der Waals surface area contributed by atoms with Crippen molar-refractivity contribution in [1.29, 1.82) is 0 Å². The number of rotatable bonds is 3. The third kappa shape index (κ3) is 2.74. The highest BCUT2D eigenvalue weighted by atomic mass is 35.5. The van der Waals surface area contributed by atoms with Crippen LogP contribution in [0.4, 0.5) is 13.2 Å². The highest BCUT2D eigenvalue weighted by Crippen LogP contribution is 2.38. The first-order valence-corrected chi connectivity index (χ1v) is 6.78. The van der Waals surface area contributed by atoms with Gasteiger partial charge in [0.15, 0.2) is 17.5 Å². The molecular weight excluding hydrogens is 318 g/mol. The molecule has 2 rings (SSSR count). The summed E-state index contributed by atoms with van der Waals surface area (Å²) in [6.07, 6.45) is 0. The molecular formula is C12H8Cl2F3NS. The van der Waals surface area contributed by atoms with Gasteiger partial charge in [-0.05, 0) is 19.2 Å². The van der Waals surface area contributed by atoms with E-state index in [1.165, 1.54) is 6.07 Å². The SMILES string of the molecule is CNC(c1cc(Cl)sc1Cl)c1ccc(F)c(F)c1F. The van der Waals surface area contributed by atoms with Crippen LogP contribution in [-0.4, -0.2) is 7.05 Å². The highest BCUT2D eigenvalue weighted by molar-refractivity contribution is 7.20. The fourth-order valence-corrected chi connectivity index (χ4v) is 3.32.